The van der Waals surface area contributed by atoms with Crippen LogP contribution in [0.1, 0.15) is 46.4 Å². The van der Waals surface area contributed by atoms with Gasteiger partial charge in [-0.2, -0.15) is 0 Å². The number of pyridine rings is 1. The Morgan fingerprint density at radius 3 is 2.67 bits per heavy atom. The van der Waals surface area contributed by atoms with E-state index in [2.05, 4.69) is 10.3 Å². The summed E-state index contributed by atoms with van der Waals surface area (Å²) >= 11 is 6.21. The number of nitrogens with one attached hydrogen (secondary N) is 2. The molecule has 0 radical (unpaired) electrons. The molecule has 0 bridgehead atoms. The fourth-order valence-electron chi connectivity index (χ4n) is 3.44. The number of hydrogen-bond acceptors (Lipinski definition) is 4. The van der Waals surface area contributed by atoms with E-state index >= 15 is 0 Å². The van der Waals surface area contributed by atoms with Crippen LogP contribution >= 0.6 is 11.6 Å². The first kappa shape index (κ1) is 22.0. The molecule has 2 heterocycles. The molecule has 1 saturated heterocycles. The van der Waals surface area contributed by atoms with Crippen LogP contribution in [0.4, 0.5) is 20.3 Å². The lowest BCUT2D eigenvalue weighted by Gasteiger charge is -2.25. The van der Waals surface area contributed by atoms with E-state index in [0.29, 0.717) is 40.8 Å². The number of nitrogen functional groups attached to an aromatic ring is 1. The van der Waals surface area contributed by atoms with Crippen molar-refractivity contribution in [3.63, 3.8) is 0 Å². The van der Waals surface area contributed by atoms with Gasteiger partial charge in [-0.25, -0.2) is 13.8 Å². The van der Waals surface area contributed by atoms with Gasteiger partial charge in [0, 0.05) is 37.2 Å². The Morgan fingerprint density at radius 2 is 1.97 bits per heavy atom. The van der Waals surface area contributed by atoms with Crippen LogP contribution in [-0.2, 0) is 0 Å². The van der Waals surface area contributed by atoms with Gasteiger partial charge in [0.25, 0.3) is 5.91 Å². The van der Waals surface area contributed by atoms with Gasteiger partial charge in [-0.15, -0.1) is 0 Å². The van der Waals surface area contributed by atoms with E-state index < -0.39 is 11.8 Å². The number of aryl methyl sites for hydroxylation is 2. The summed E-state index contributed by atoms with van der Waals surface area (Å²) in [7, 11) is 0. The summed E-state index contributed by atoms with van der Waals surface area (Å²) in [5.41, 5.74) is 8.11. The summed E-state index contributed by atoms with van der Waals surface area (Å²) in [6.45, 7) is 4.00. The molecule has 6 nitrogen and oxygen atoms in total. The maximum absolute atomic E-state index is 13.8. The lowest BCUT2D eigenvalue weighted by Crippen LogP contribution is -2.29. The van der Waals surface area contributed by atoms with E-state index in [1.807, 2.05) is 6.92 Å². The topological polar surface area (TPSA) is 95.1 Å². The number of alkyl halides is 2. The molecule has 0 unspecified atom stereocenters. The van der Waals surface area contributed by atoms with Gasteiger partial charge in [-0.1, -0.05) is 17.7 Å². The second-order valence-corrected chi connectivity index (χ2v) is 7.93. The monoisotopic (exact) mass is 435 g/mol. The number of halogens is 3. The fraction of sp³-hybridized carbons (Fsp3) is 0.381. The van der Waals surface area contributed by atoms with Crippen molar-refractivity contribution in [2.45, 2.75) is 39.0 Å². The van der Waals surface area contributed by atoms with Crippen LogP contribution in [0.3, 0.4) is 0 Å². The summed E-state index contributed by atoms with van der Waals surface area (Å²) in [4.78, 5) is 19.2. The molecule has 0 spiro atoms. The molecule has 1 aromatic carbocycles. The van der Waals surface area contributed by atoms with E-state index in [4.69, 9.17) is 22.7 Å². The van der Waals surface area contributed by atoms with Crippen LogP contribution in [0.2, 0.25) is 5.02 Å². The number of amidine groups is 1. The fourth-order valence-corrected chi connectivity index (χ4v) is 3.59. The van der Waals surface area contributed by atoms with E-state index in [1.54, 1.807) is 30.0 Å². The van der Waals surface area contributed by atoms with Gasteiger partial charge in [0.2, 0.25) is 5.92 Å². The first-order chi connectivity index (χ1) is 14.1. The molecule has 0 aliphatic carbocycles. The number of carbonyl (C=O) groups excluding carboxylic acids is 1. The zero-order chi connectivity index (χ0) is 22.1. The van der Waals surface area contributed by atoms with Crippen LogP contribution in [0, 0.1) is 19.3 Å². The molecule has 4 N–H and O–H groups in total. The average molecular weight is 436 g/mol. The number of carbonyl (C=O) groups is 1. The summed E-state index contributed by atoms with van der Waals surface area (Å²) in [5, 5.41) is 10.8. The Balaban J connectivity index is 1.93. The van der Waals surface area contributed by atoms with Gasteiger partial charge in [0.05, 0.1) is 16.3 Å². The van der Waals surface area contributed by atoms with Crippen molar-refractivity contribution in [3.05, 3.63) is 51.7 Å². The maximum Gasteiger partial charge on any atom is 0.259 e. The molecular formula is C21H24ClF2N5O. The molecular weight excluding hydrogens is 412 g/mol. The van der Waals surface area contributed by atoms with Gasteiger partial charge in [-0.3, -0.25) is 10.2 Å². The largest absolute Gasteiger partial charge is 0.384 e. The highest BCUT2D eigenvalue weighted by Gasteiger charge is 2.33. The molecule has 0 saturated carbocycles. The third kappa shape index (κ3) is 4.87. The molecule has 9 heteroatoms. The molecule has 0 atom stereocenters. The number of nitrogens with two attached hydrogens (primary N) is 1. The van der Waals surface area contributed by atoms with Gasteiger partial charge >= 0.3 is 0 Å². The summed E-state index contributed by atoms with van der Waals surface area (Å²) in [6.07, 6.45) is -0.177. The minimum Gasteiger partial charge on any atom is -0.384 e. The molecule has 3 rings (SSSR count). The highest BCUT2D eigenvalue weighted by molar-refractivity contribution is 6.31. The van der Waals surface area contributed by atoms with Crippen molar-refractivity contribution >= 4 is 34.8 Å². The number of rotatable bonds is 4. The third-order valence-electron chi connectivity index (χ3n) is 5.18. The minimum atomic E-state index is -2.72. The Hall–Kier alpha value is -2.74. The van der Waals surface area contributed by atoms with E-state index in [-0.39, 0.29) is 30.8 Å². The predicted octanol–water partition coefficient (Wildman–Crippen LogP) is 4.51. The average Bonchev–Trinajstić information content (AvgIpc) is 2.85. The third-order valence-corrected chi connectivity index (χ3v) is 5.56. The number of hydrogen-bond donors (Lipinski definition) is 3. The van der Waals surface area contributed by atoms with Gasteiger partial charge in [0.15, 0.2) is 0 Å². The normalized spacial score (nSPS) is 16.1. The maximum atomic E-state index is 13.8. The lowest BCUT2D eigenvalue weighted by atomic mass is 10.1. The predicted molar refractivity (Wildman–Crippen MR) is 115 cm³/mol. The Labute approximate surface area is 178 Å². The van der Waals surface area contributed by atoms with Crippen molar-refractivity contribution in [1.82, 2.24) is 4.98 Å². The standard InChI is InChI=1S/C21H24ClF2N5O/c1-12-4-5-14(10-15(12)18(25)26)28-20(30)16-11-17(22)13(2)27-19(16)29-8-3-6-21(23,24)7-9-29/h4-5,10-11H,3,6-9H2,1-2H3,(H3,25,26)(H,28,30). The lowest BCUT2D eigenvalue weighted by molar-refractivity contribution is -0.0102. The van der Waals surface area contributed by atoms with Crippen molar-refractivity contribution in [3.8, 4) is 0 Å². The zero-order valence-electron chi connectivity index (χ0n) is 16.9. The molecule has 1 fully saturated rings. The van der Waals surface area contributed by atoms with Gasteiger partial charge in [-0.05, 0) is 44.0 Å². The molecule has 1 aliphatic heterocycles. The molecule has 30 heavy (non-hydrogen) atoms. The Morgan fingerprint density at radius 1 is 1.23 bits per heavy atom. The van der Waals surface area contributed by atoms with Gasteiger partial charge in [0.1, 0.15) is 11.7 Å². The quantitative estimate of drug-likeness (QED) is 0.486. The van der Waals surface area contributed by atoms with Crippen molar-refractivity contribution in [2.24, 2.45) is 5.73 Å². The van der Waals surface area contributed by atoms with E-state index in [9.17, 15) is 13.6 Å². The second-order valence-electron chi connectivity index (χ2n) is 7.52. The van der Waals surface area contributed by atoms with Crippen LogP contribution in [0.15, 0.2) is 24.3 Å². The van der Waals surface area contributed by atoms with E-state index in [0.717, 1.165) is 5.56 Å². The van der Waals surface area contributed by atoms with E-state index in [1.165, 1.54) is 6.07 Å². The summed E-state index contributed by atoms with van der Waals surface area (Å²) < 4.78 is 27.6. The highest BCUT2D eigenvalue weighted by Crippen LogP contribution is 2.32. The van der Waals surface area contributed by atoms with Crippen LogP contribution in [0.5, 0.6) is 0 Å². The zero-order valence-corrected chi connectivity index (χ0v) is 17.6. The summed E-state index contributed by atoms with van der Waals surface area (Å²) in [6, 6.07) is 6.59. The summed E-state index contributed by atoms with van der Waals surface area (Å²) in [5.74, 6) is -2.95. The van der Waals surface area contributed by atoms with Crippen molar-refractivity contribution in [1.29, 1.82) is 5.41 Å². The highest BCUT2D eigenvalue weighted by atomic mass is 35.5. The molecule has 1 aromatic heterocycles. The smallest absolute Gasteiger partial charge is 0.259 e. The number of amides is 1. The minimum absolute atomic E-state index is 0.0976. The first-order valence-corrected chi connectivity index (χ1v) is 10.0. The molecule has 1 aliphatic rings. The second kappa shape index (κ2) is 8.55. The molecule has 2 aromatic rings. The number of nitrogens with zero attached hydrogens (tertiary/aromatic N) is 2. The van der Waals surface area contributed by atoms with Crippen LogP contribution in [0.25, 0.3) is 0 Å². The first-order valence-electron chi connectivity index (χ1n) is 9.64. The van der Waals surface area contributed by atoms with Crippen molar-refractivity contribution < 1.29 is 13.6 Å². The molecule has 1 amide bonds. The number of aromatic nitrogens is 1. The van der Waals surface area contributed by atoms with Crippen molar-refractivity contribution in [2.75, 3.05) is 23.3 Å². The van der Waals surface area contributed by atoms with Gasteiger partial charge < -0.3 is 16.0 Å². The Kier molecular flexibility index (Phi) is 6.26. The number of benzene rings is 1. The van der Waals surface area contributed by atoms with Crippen LogP contribution < -0.4 is 16.0 Å². The molecule has 160 valence electrons. The Bertz CT molecular complexity index is 996. The number of anilines is 2. The van der Waals surface area contributed by atoms with Crippen LogP contribution in [-0.4, -0.2) is 35.7 Å². The SMILES string of the molecule is Cc1ccc(NC(=O)c2cc(Cl)c(C)nc2N2CCCC(F)(F)CC2)cc1C(=N)N.